The van der Waals surface area contributed by atoms with Gasteiger partial charge in [-0.05, 0) is 66.7 Å². The van der Waals surface area contributed by atoms with E-state index in [-0.39, 0.29) is 12.5 Å². The van der Waals surface area contributed by atoms with E-state index in [0.717, 1.165) is 43.5 Å². The average Bonchev–Trinajstić information content (AvgIpc) is 3.28. The Balaban J connectivity index is 1.12. The quantitative estimate of drug-likeness (QED) is 0.519. The number of nitrogens with zero attached hydrogens (tertiary/aromatic N) is 1. The second-order valence-electron chi connectivity index (χ2n) is 9.36. The number of para-hydroxylation sites is 1. The van der Waals surface area contributed by atoms with Gasteiger partial charge in [0.15, 0.2) is 0 Å². The van der Waals surface area contributed by atoms with Crippen molar-refractivity contribution in [1.29, 1.82) is 0 Å². The number of nitrogens with one attached hydrogen (secondary N) is 1. The van der Waals surface area contributed by atoms with Crippen molar-refractivity contribution in [2.75, 3.05) is 32.8 Å². The van der Waals surface area contributed by atoms with Crippen LogP contribution in [0.4, 0.5) is 0 Å². The van der Waals surface area contributed by atoms with E-state index in [9.17, 15) is 9.90 Å². The van der Waals surface area contributed by atoms with Crippen molar-refractivity contribution >= 4 is 22.8 Å². The molecule has 0 aliphatic carbocycles. The summed E-state index contributed by atoms with van der Waals surface area (Å²) in [5.41, 5.74) is 3.06. The largest absolute Gasteiger partial charge is 0.490 e. The predicted molar refractivity (Wildman–Crippen MR) is 136 cm³/mol. The predicted octanol–water partition coefficient (Wildman–Crippen LogP) is 4.36. The molecule has 3 aromatic carbocycles. The topological polar surface area (TPSA) is 61.8 Å². The number of hydrogen-bond donors (Lipinski definition) is 2. The molecule has 2 N–H and O–H groups in total. The number of carbonyl (C=O) groups excluding carboxylic acids is 1. The van der Waals surface area contributed by atoms with E-state index in [2.05, 4.69) is 52.7 Å². The molecule has 5 nitrogen and oxygen atoms in total. The summed E-state index contributed by atoms with van der Waals surface area (Å²) in [7, 11) is 0. The van der Waals surface area contributed by atoms with Crippen LogP contribution in [0.1, 0.15) is 36.3 Å². The van der Waals surface area contributed by atoms with Gasteiger partial charge >= 0.3 is 0 Å². The number of ether oxygens (including phenoxy) is 1. The molecule has 0 aromatic heterocycles. The number of likely N-dealkylation sites (tertiary alicyclic amines) is 1. The van der Waals surface area contributed by atoms with Crippen molar-refractivity contribution in [3.8, 4) is 5.75 Å². The van der Waals surface area contributed by atoms with Gasteiger partial charge in [0.05, 0.1) is 0 Å². The van der Waals surface area contributed by atoms with Crippen molar-refractivity contribution in [2.24, 2.45) is 0 Å². The molecule has 0 radical (unpaired) electrons. The van der Waals surface area contributed by atoms with Crippen molar-refractivity contribution in [2.45, 2.75) is 31.3 Å². The summed E-state index contributed by atoms with van der Waals surface area (Å²) in [6, 6.07) is 23.0. The highest BCUT2D eigenvalue weighted by atomic mass is 16.5. The second-order valence-corrected chi connectivity index (χ2v) is 9.36. The molecule has 0 unspecified atom stereocenters. The van der Waals surface area contributed by atoms with Crippen LogP contribution in [0.15, 0.2) is 72.3 Å². The first kappa shape index (κ1) is 22.6. The minimum Gasteiger partial charge on any atom is -0.490 e. The Hall–Kier alpha value is -3.15. The summed E-state index contributed by atoms with van der Waals surface area (Å²) < 4.78 is 5.96. The third-order valence-corrected chi connectivity index (χ3v) is 6.95. The third-order valence-electron chi connectivity index (χ3n) is 6.95. The van der Waals surface area contributed by atoms with Crippen LogP contribution in [-0.2, 0) is 4.79 Å². The van der Waals surface area contributed by atoms with E-state index in [1.54, 1.807) is 0 Å². The van der Waals surface area contributed by atoms with Gasteiger partial charge in [0.1, 0.15) is 18.5 Å². The standard InChI is InChI=1S/C29H32N2O3/c32-27(20-34-28-8-4-3-7-25(28)18-26-11-14-30-29(26)33)19-31-15-12-22(13-16-31)24-10-9-21-5-1-2-6-23(21)17-24/h1-10,17-18,22,27,32H,11-16,19-20H2,(H,30,33)/t27-/m0/s1. The van der Waals surface area contributed by atoms with E-state index in [4.69, 9.17) is 4.74 Å². The Morgan fingerprint density at radius 3 is 2.59 bits per heavy atom. The number of amides is 1. The van der Waals surface area contributed by atoms with E-state index < -0.39 is 6.10 Å². The monoisotopic (exact) mass is 456 g/mol. The van der Waals surface area contributed by atoms with Gasteiger partial charge in [-0.3, -0.25) is 4.79 Å². The molecule has 34 heavy (non-hydrogen) atoms. The lowest BCUT2D eigenvalue weighted by molar-refractivity contribution is -0.116. The van der Waals surface area contributed by atoms with Gasteiger partial charge in [-0.1, -0.05) is 60.7 Å². The van der Waals surface area contributed by atoms with Crippen molar-refractivity contribution < 1.29 is 14.6 Å². The minimum atomic E-state index is -0.562. The maximum atomic E-state index is 11.9. The molecule has 0 bridgehead atoms. The lowest BCUT2D eigenvalue weighted by Gasteiger charge is -2.33. The highest BCUT2D eigenvalue weighted by Crippen LogP contribution is 2.30. The van der Waals surface area contributed by atoms with Gasteiger partial charge in [-0.2, -0.15) is 0 Å². The molecule has 0 saturated carbocycles. The van der Waals surface area contributed by atoms with Crippen LogP contribution in [0.3, 0.4) is 0 Å². The van der Waals surface area contributed by atoms with Gasteiger partial charge in [-0.15, -0.1) is 0 Å². The number of hydrogen-bond acceptors (Lipinski definition) is 4. The Labute approximate surface area is 201 Å². The molecule has 1 atom stereocenters. The molecule has 2 aliphatic rings. The van der Waals surface area contributed by atoms with Crippen LogP contribution in [0, 0.1) is 0 Å². The molecule has 2 aliphatic heterocycles. The van der Waals surface area contributed by atoms with Gasteiger partial charge in [0.25, 0.3) is 0 Å². The number of aliphatic hydroxyl groups excluding tert-OH is 1. The first-order chi connectivity index (χ1) is 16.7. The number of rotatable bonds is 7. The van der Waals surface area contributed by atoms with Crippen molar-refractivity contribution in [3.63, 3.8) is 0 Å². The number of piperidine rings is 1. The third kappa shape index (κ3) is 5.32. The van der Waals surface area contributed by atoms with Gasteiger partial charge in [0.2, 0.25) is 5.91 Å². The van der Waals surface area contributed by atoms with Crippen molar-refractivity contribution in [1.82, 2.24) is 10.2 Å². The van der Waals surface area contributed by atoms with Crippen LogP contribution in [0.5, 0.6) is 5.75 Å². The fourth-order valence-electron chi connectivity index (χ4n) is 5.04. The lowest BCUT2D eigenvalue weighted by atomic mass is 9.88. The summed E-state index contributed by atoms with van der Waals surface area (Å²) in [6.07, 6.45) is 4.26. The van der Waals surface area contributed by atoms with Crippen LogP contribution in [-0.4, -0.2) is 54.8 Å². The number of carbonyl (C=O) groups is 1. The van der Waals surface area contributed by atoms with Crippen molar-refractivity contribution in [3.05, 3.63) is 83.4 Å². The second kappa shape index (κ2) is 10.4. The molecule has 176 valence electrons. The number of β-amino-alcohol motifs (C(OH)–C–C–N with tert-alkyl or cyclic N) is 1. The Bertz CT molecular complexity index is 1180. The maximum absolute atomic E-state index is 11.9. The number of benzene rings is 3. The first-order valence-electron chi connectivity index (χ1n) is 12.3. The zero-order chi connectivity index (χ0) is 23.3. The van der Waals surface area contributed by atoms with E-state index in [0.29, 0.717) is 24.8 Å². The fraction of sp³-hybridized carbons (Fsp3) is 0.345. The average molecular weight is 457 g/mol. The molecule has 2 saturated heterocycles. The Morgan fingerprint density at radius 1 is 1.03 bits per heavy atom. The fourth-order valence-corrected chi connectivity index (χ4v) is 5.04. The molecular weight excluding hydrogens is 424 g/mol. The normalized spacial score (nSPS) is 19.4. The highest BCUT2D eigenvalue weighted by Gasteiger charge is 2.23. The molecule has 2 fully saturated rings. The Kier molecular flexibility index (Phi) is 6.93. The molecule has 0 spiro atoms. The van der Waals surface area contributed by atoms with E-state index in [1.807, 2.05) is 30.3 Å². The summed E-state index contributed by atoms with van der Waals surface area (Å²) in [5.74, 6) is 1.26. The lowest BCUT2D eigenvalue weighted by Crippen LogP contribution is -2.40. The molecule has 3 aromatic rings. The molecule has 1 amide bonds. The van der Waals surface area contributed by atoms with Crippen LogP contribution >= 0.6 is 0 Å². The zero-order valence-corrected chi connectivity index (χ0v) is 19.5. The van der Waals surface area contributed by atoms with Crippen LogP contribution in [0.2, 0.25) is 0 Å². The number of aliphatic hydroxyl groups is 1. The van der Waals surface area contributed by atoms with Gasteiger partial charge in [-0.25, -0.2) is 0 Å². The SMILES string of the molecule is O=C1NCCC1=Cc1ccccc1OC[C@@H](O)CN1CCC(c2ccc3ccccc3c2)CC1. The van der Waals surface area contributed by atoms with Gasteiger partial charge in [0, 0.05) is 24.2 Å². The minimum absolute atomic E-state index is 0.0121. The zero-order valence-electron chi connectivity index (χ0n) is 19.5. The smallest absolute Gasteiger partial charge is 0.247 e. The maximum Gasteiger partial charge on any atom is 0.247 e. The first-order valence-corrected chi connectivity index (χ1v) is 12.3. The van der Waals surface area contributed by atoms with Crippen LogP contribution in [0.25, 0.3) is 16.8 Å². The van der Waals surface area contributed by atoms with Gasteiger partial charge < -0.3 is 20.1 Å². The molecule has 5 heteroatoms. The van der Waals surface area contributed by atoms with Crippen LogP contribution < -0.4 is 10.1 Å². The molecule has 5 rings (SSSR count). The highest BCUT2D eigenvalue weighted by molar-refractivity contribution is 6.00. The van der Waals surface area contributed by atoms with E-state index in [1.165, 1.54) is 16.3 Å². The Morgan fingerprint density at radius 2 is 1.79 bits per heavy atom. The summed E-state index contributed by atoms with van der Waals surface area (Å²) in [5, 5.41) is 16.1. The molecule has 2 heterocycles. The number of fused-ring (bicyclic) bond motifs is 1. The van der Waals surface area contributed by atoms with E-state index >= 15 is 0 Å². The summed E-state index contributed by atoms with van der Waals surface area (Å²) >= 11 is 0. The molecular formula is C29H32N2O3. The summed E-state index contributed by atoms with van der Waals surface area (Å²) in [4.78, 5) is 14.2. The summed E-state index contributed by atoms with van der Waals surface area (Å²) in [6.45, 7) is 3.48.